The molecular formula is C13H14BrN3O2S. The fraction of sp³-hybridized carbons (Fsp3) is 0.308. The number of halogens is 1. The Morgan fingerprint density at radius 2 is 2.05 bits per heavy atom. The highest BCUT2D eigenvalue weighted by Gasteiger charge is 2.11. The summed E-state index contributed by atoms with van der Waals surface area (Å²) in [4.78, 5) is 11.5. The van der Waals surface area contributed by atoms with Crippen LogP contribution in [0.1, 0.15) is 13.8 Å². The monoisotopic (exact) mass is 355 g/mol. The molecule has 2 aromatic rings. The van der Waals surface area contributed by atoms with Gasteiger partial charge in [-0.1, -0.05) is 27.7 Å². The minimum atomic E-state index is -0.0478. The van der Waals surface area contributed by atoms with Crippen LogP contribution < -0.4 is 5.32 Å². The minimum absolute atomic E-state index is 0.0478. The molecule has 0 atom stereocenters. The van der Waals surface area contributed by atoms with E-state index in [2.05, 4.69) is 31.4 Å². The largest absolute Gasteiger partial charge is 0.411 e. The van der Waals surface area contributed by atoms with Crippen molar-refractivity contribution in [2.45, 2.75) is 25.1 Å². The summed E-state index contributed by atoms with van der Waals surface area (Å²) in [6, 6.07) is 7.71. The molecule has 2 rings (SSSR count). The zero-order valence-electron chi connectivity index (χ0n) is 11.1. The van der Waals surface area contributed by atoms with Crippen molar-refractivity contribution in [3.63, 3.8) is 0 Å². The van der Waals surface area contributed by atoms with E-state index in [-0.39, 0.29) is 17.7 Å². The molecule has 0 aliphatic rings. The van der Waals surface area contributed by atoms with Gasteiger partial charge in [-0.05, 0) is 38.1 Å². The van der Waals surface area contributed by atoms with Crippen LogP contribution in [0, 0.1) is 0 Å². The topological polar surface area (TPSA) is 68.0 Å². The van der Waals surface area contributed by atoms with Gasteiger partial charge >= 0.3 is 0 Å². The van der Waals surface area contributed by atoms with E-state index >= 15 is 0 Å². The van der Waals surface area contributed by atoms with E-state index in [1.54, 1.807) is 0 Å². The quantitative estimate of drug-likeness (QED) is 0.834. The molecule has 20 heavy (non-hydrogen) atoms. The van der Waals surface area contributed by atoms with Gasteiger partial charge in [-0.3, -0.25) is 4.79 Å². The van der Waals surface area contributed by atoms with E-state index < -0.39 is 0 Å². The Morgan fingerprint density at radius 3 is 2.70 bits per heavy atom. The lowest BCUT2D eigenvalue weighted by atomic mass is 10.2. The molecule has 0 saturated carbocycles. The number of nitrogens with one attached hydrogen (secondary N) is 1. The summed E-state index contributed by atoms with van der Waals surface area (Å²) in [7, 11) is 0. The van der Waals surface area contributed by atoms with Crippen molar-refractivity contribution < 1.29 is 9.21 Å². The van der Waals surface area contributed by atoms with Gasteiger partial charge in [0.25, 0.3) is 5.22 Å². The molecule has 5 nitrogen and oxygen atoms in total. The van der Waals surface area contributed by atoms with Gasteiger partial charge in [0.05, 0.1) is 5.75 Å². The number of benzene rings is 1. The smallest absolute Gasteiger partial charge is 0.277 e. The standard InChI is InChI=1S/C13H14BrN3O2S/c1-8(2)15-11(18)7-20-13-17-16-12(19-13)9-3-5-10(14)6-4-9/h3-6,8H,7H2,1-2H3,(H,15,18). The number of carbonyl (C=O) groups excluding carboxylic acids is 1. The number of carbonyl (C=O) groups is 1. The SMILES string of the molecule is CC(C)NC(=O)CSc1nnc(-c2ccc(Br)cc2)o1. The molecule has 0 aliphatic heterocycles. The lowest BCUT2D eigenvalue weighted by Crippen LogP contribution is -2.31. The highest BCUT2D eigenvalue weighted by Crippen LogP contribution is 2.24. The number of thioether (sulfide) groups is 1. The Morgan fingerprint density at radius 1 is 1.35 bits per heavy atom. The van der Waals surface area contributed by atoms with Crippen LogP contribution in [0.25, 0.3) is 11.5 Å². The van der Waals surface area contributed by atoms with E-state index in [0.29, 0.717) is 11.1 Å². The normalized spacial score (nSPS) is 10.8. The van der Waals surface area contributed by atoms with Crippen LogP contribution in [-0.2, 0) is 4.79 Å². The summed E-state index contributed by atoms with van der Waals surface area (Å²) in [5.41, 5.74) is 0.846. The van der Waals surface area contributed by atoms with Crippen LogP contribution in [0.15, 0.2) is 38.4 Å². The van der Waals surface area contributed by atoms with Crippen LogP contribution in [0.3, 0.4) is 0 Å². The van der Waals surface area contributed by atoms with Gasteiger partial charge in [-0.2, -0.15) is 0 Å². The van der Waals surface area contributed by atoms with Gasteiger partial charge in [0, 0.05) is 16.1 Å². The average Bonchev–Trinajstić information content (AvgIpc) is 2.85. The second-order valence-corrected chi connectivity index (χ2v) is 6.23. The molecular weight excluding hydrogens is 342 g/mol. The van der Waals surface area contributed by atoms with Gasteiger partial charge in [-0.25, -0.2) is 0 Å². The molecule has 0 unspecified atom stereocenters. The van der Waals surface area contributed by atoms with E-state index in [0.717, 1.165) is 10.0 Å². The summed E-state index contributed by atoms with van der Waals surface area (Å²) in [6.45, 7) is 3.84. The summed E-state index contributed by atoms with van der Waals surface area (Å²) in [5.74, 6) is 0.665. The lowest BCUT2D eigenvalue weighted by Gasteiger charge is -2.06. The van der Waals surface area contributed by atoms with Crippen molar-refractivity contribution in [3.8, 4) is 11.5 Å². The molecule has 106 valence electrons. The second-order valence-electron chi connectivity index (χ2n) is 4.39. The van der Waals surface area contributed by atoms with E-state index in [1.165, 1.54) is 11.8 Å². The first-order valence-electron chi connectivity index (χ1n) is 6.06. The van der Waals surface area contributed by atoms with Crippen molar-refractivity contribution in [2.75, 3.05) is 5.75 Å². The van der Waals surface area contributed by atoms with E-state index in [4.69, 9.17) is 4.42 Å². The molecule has 0 bridgehead atoms. The first-order valence-corrected chi connectivity index (χ1v) is 7.84. The average molecular weight is 356 g/mol. The zero-order valence-corrected chi connectivity index (χ0v) is 13.5. The molecule has 1 aromatic heterocycles. The molecule has 0 aliphatic carbocycles. The Bertz CT molecular complexity index is 584. The van der Waals surface area contributed by atoms with Gasteiger partial charge in [0.1, 0.15) is 0 Å². The second kappa shape index (κ2) is 6.90. The van der Waals surface area contributed by atoms with Crippen molar-refractivity contribution >= 4 is 33.6 Å². The Kier molecular flexibility index (Phi) is 5.19. The van der Waals surface area contributed by atoms with Crippen molar-refractivity contribution in [2.24, 2.45) is 0 Å². The van der Waals surface area contributed by atoms with Crippen LogP contribution in [0.4, 0.5) is 0 Å². The minimum Gasteiger partial charge on any atom is -0.411 e. The highest BCUT2D eigenvalue weighted by molar-refractivity contribution is 9.10. The number of hydrogen-bond acceptors (Lipinski definition) is 5. The molecule has 1 aromatic carbocycles. The number of aromatic nitrogens is 2. The maximum atomic E-state index is 11.5. The number of hydrogen-bond donors (Lipinski definition) is 1. The zero-order chi connectivity index (χ0) is 14.5. The van der Waals surface area contributed by atoms with Crippen LogP contribution in [0.5, 0.6) is 0 Å². The molecule has 0 saturated heterocycles. The van der Waals surface area contributed by atoms with Crippen molar-refractivity contribution in [1.29, 1.82) is 0 Å². The Labute approximate surface area is 129 Å². The lowest BCUT2D eigenvalue weighted by molar-refractivity contribution is -0.119. The maximum absolute atomic E-state index is 11.5. The molecule has 0 radical (unpaired) electrons. The summed E-state index contributed by atoms with van der Waals surface area (Å²) in [6.07, 6.45) is 0. The predicted molar refractivity (Wildman–Crippen MR) is 81.4 cm³/mol. The summed E-state index contributed by atoms with van der Waals surface area (Å²) in [5, 5.41) is 11.1. The maximum Gasteiger partial charge on any atom is 0.277 e. The first-order chi connectivity index (χ1) is 9.54. The highest BCUT2D eigenvalue weighted by atomic mass is 79.9. The van der Waals surface area contributed by atoms with Crippen LogP contribution >= 0.6 is 27.7 Å². The third-order valence-electron chi connectivity index (χ3n) is 2.27. The molecule has 0 fully saturated rings. The summed E-state index contributed by atoms with van der Waals surface area (Å²) < 4.78 is 6.50. The predicted octanol–water partition coefficient (Wildman–Crippen LogP) is 3.12. The molecule has 1 N–H and O–H groups in total. The summed E-state index contributed by atoms with van der Waals surface area (Å²) >= 11 is 4.60. The van der Waals surface area contributed by atoms with Gasteiger partial charge in [-0.15, -0.1) is 10.2 Å². The van der Waals surface area contributed by atoms with Crippen LogP contribution in [-0.4, -0.2) is 27.9 Å². The first kappa shape index (κ1) is 15.1. The molecule has 1 heterocycles. The van der Waals surface area contributed by atoms with E-state index in [9.17, 15) is 4.79 Å². The van der Waals surface area contributed by atoms with Gasteiger partial charge < -0.3 is 9.73 Å². The number of rotatable bonds is 5. The van der Waals surface area contributed by atoms with Gasteiger partial charge in [0.15, 0.2) is 0 Å². The Hall–Kier alpha value is -1.34. The number of nitrogens with zero attached hydrogens (tertiary/aromatic N) is 2. The molecule has 7 heteroatoms. The molecule has 1 amide bonds. The third-order valence-corrected chi connectivity index (χ3v) is 3.62. The van der Waals surface area contributed by atoms with Crippen molar-refractivity contribution in [1.82, 2.24) is 15.5 Å². The van der Waals surface area contributed by atoms with Crippen molar-refractivity contribution in [3.05, 3.63) is 28.7 Å². The molecule has 0 spiro atoms. The van der Waals surface area contributed by atoms with Crippen LogP contribution in [0.2, 0.25) is 0 Å². The number of amides is 1. The van der Waals surface area contributed by atoms with E-state index in [1.807, 2.05) is 38.1 Å². The van der Waals surface area contributed by atoms with Gasteiger partial charge in [0.2, 0.25) is 11.8 Å². The fourth-order valence-corrected chi connectivity index (χ4v) is 2.31. The fourth-order valence-electron chi connectivity index (χ4n) is 1.47. The third kappa shape index (κ3) is 4.35. The Balaban J connectivity index is 1.95.